The molecule has 0 N–H and O–H groups in total. The highest BCUT2D eigenvalue weighted by Gasteiger charge is 2.25. The number of carbonyl (C=O) groups is 2. The zero-order valence-corrected chi connectivity index (χ0v) is 17.1. The molecule has 144 valence electrons. The van der Waals surface area contributed by atoms with Crippen molar-refractivity contribution in [1.82, 2.24) is 4.90 Å². The van der Waals surface area contributed by atoms with Crippen LogP contribution in [-0.2, 0) is 14.3 Å². The maximum Gasteiger partial charge on any atom is 0.309 e. The third kappa shape index (κ3) is 7.28. The summed E-state index contributed by atoms with van der Waals surface area (Å²) in [6, 6.07) is 5.18. The first kappa shape index (κ1) is 23.0. The van der Waals surface area contributed by atoms with Crippen LogP contribution in [0.5, 0.6) is 0 Å². The van der Waals surface area contributed by atoms with Gasteiger partial charge in [0, 0.05) is 23.0 Å². The Morgan fingerprint density at radius 2 is 1.96 bits per heavy atom. The van der Waals surface area contributed by atoms with Crippen molar-refractivity contribution in [3.05, 3.63) is 39.9 Å². The number of ether oxygens (including phenoxy) is 1. The van der Waals surface area contributed by atoms with Gasteiger partial charge in [-0.25, -0.2) is 0 Å². The van der Waals surface area contributed by atoms with Gasteiger partial charge in [-0.1, -0.05) is 29.3 Å². The summed E-state index contributed by atoms with van der Waals surface area (Å²) in [4.78, 5) is 26.0. The number of hydrogen-bond acceptors (Lipinski definition) is 4. The molecule has 1 aromatic carbocycles. The van der Waals surface area contributed by atoms with Crippen molar-refractivity contribution in [3.63, 3.8) is 0 Å². The number of rotatable bonds is 7. The Hall–Kier alpha value is -1.07. The van der Waals surface area contributed by atoms with Crippen LogP contribution >= 0.6 is 35.6 Å². The third-order valence-electron chi connectivity index (χ3n) is 4.29. The van der Waals surface area contributed by atoms with E-state index in [9.17, 15) is 9.59 Å². The predicted octanol–water partition coefficient (Wildman–Crippen LogP) is 4.66. The summed E-state index contributed by atoms with van der Waals surface area (Å²) in [5.74, 6) is -0.0432. The maximum atomic E-state index is 12.0. The first-order valence-electron chi connectivity index (χ1n) is 8.54. The first-order valence-corrected chi connectivity index (χ1v) is 9.30. The van der Waals surface area contributed by atoms with E-state index in [1.165, 1.54) is 0 Å². The monoisotopic (exact) mass is 419 g/mol. The van der Waals surface area contributed by atoms with Crippen molar-refractivity contribution in [2.75, 3.05) is 26.2 Å². The molecule has 2 rings (SSSR count). The molecule has 1 aromatic rings. The minimum absolute atomic E-state index is 0. The molecule has 7 heteroatoms. The largest absolute Gasteiger partial charge is 0.466 e. The van der Waals surface area contributed by atoms with Crippen LogP contribution < -0.4 is 0 Å². The Labute approximate surface area is 170 Å². The van der Waals surface area contributed by atoms with Crippen LogP contribution in [0.15, 0.2) is 24.3 Å². The van der Waals surface area contributed by atoms with Crippen molar-refractivity contribution in [2.45, 2.75) is 26.2 Å². The van der Waals surface area contributed by atoms with Gasteiger partial charge in [-0.15, -0.1) is 12.4 Å². The van der Waals surface area contributed by atoms with Crippen LogP contribution in [-0.4, -0.2) is 42.9 Å². The summed E-state index contributed by atoms with van der Waals surface area (Å²) in [5, 5.41) is 1.09. The Morgan fingerprint density at radius 1 is 1.27 bits per heavy atom. The molecular weight excluding hydrogens is 397 g/mol. The normalized spacial score (nSPS) is 15.7. The topological polar surface area (TPSA) is 46.6 Å². The highest BCUT2D eigenvalue weighted by Crippen LogP contribution is 2.22. The lowest BCUT2D eigenvalue weighted by Gasteiger charge is -2.30. The van der Waals surface area contributed by atoms with E-state index in [-0.39, 0.29) is 30.1 Å². The lowest BCUT2D eigenvalue weighted by molar-refractivity contribution is -0.149. The summed E-state index contributed by atoms with van der Waals surface area (Å²) in [6.45, 7) is 4.60. The molecule has 1 saturated heterocycles. The molecule has 0 amide bonds. The number of likely N-dealkylation sites (tertiary alicyclic amines) is 1. The van der Waals surface area contributed by atoms with Crippen LogP contribution in [0, 0.1) is 5.92 Å². The van der Waals surface area contributed by atoms with Gasteiger partial charge < -0.3 is 9.64 Å². The molecule has 0 aliphatic carbocycles. The standard InChI is InChI=1S/C19H23Cl2NO3.ClH/c1-2-25-19(24)15-7-10-22(11-8-15)12-9-17(23)6-4-14-3-5-16(20)13-18(14)21;/h3-6,13,15H,2,7-12H2,1H3;1H. The molecule has 1 aliphatic rings. The molecule has 1 fully saturated rings. The summed E-state index contributed by atoms with van der Waals surface area (Å²) in [6.07, 6.45) is 5.31. The van der Waals surface area contributed by atoms with Gasteiger partial charge in [0.2, 0.25) is 0 Å². The first-order chi connectivity index (χ1) is 12.0. The molecule has 1 aliphatic heterocycles. The maximum absolute atomic E-state index is 12.0. The van der Waals surface area contributed by atoms with Crippen LogP contribution in [0.25, 0.3) is 6.08 Å². The van der Waals surface area contributed by atoms with E-state index in [2.05, 4.69) is 4.90 Å². The summed E-state index contributed by atoms with van der Waals surface area (Å²) in [7, 11) is 0. The fourth-order valence-electron chi connectivity index (χ4n) is 2.82. The second-order valence-electron chi connectivity index (χ2n) is 6.08. The molecule has 0 aromatic heterocycles. The molecule has 0 radical (unpaired) electrons. The van der Waals surface area contributed by atoms with Gasteiger partial charge in [0.25, 0.3) is 0 Å². The Kier molecular flexibility index (Phi) is 10.3. The molecule has 0 unspecified atom stereocenters. The number of halogens is 3. The second-order valence-corrected chi connectivity index (χ2v) is 6.93. The third-order valence-corrected chi connectivity index (χ3v) is 4.86. The fourth-order valence-corrected chi connectivity index (χ4v) is 3.29. The Bertz CT molecular complexity index is 641. The lowest BCUT2D eigenvalue weighted by atomic mass is 9.97. The summed E-state index contributed by atoms with van der Waals surface area (Å²) >= 11 is 11.9. The molecule has 0 atom stereocenters. The van der Waals surface area contributed by atoms with Crippen molar-refractivity contribution in [1.29, 1.82) is 0 Å². The zero-order valence-electron chi connectivity index (χ0n) is 14.7. The smallest absolute Gasteiger partial charge is 0.309 e. The van der Waals surface area contributed by atoms with Crippen molar-refractivity contribution in [2.24, 2.45) is 5.92 Å². The molecular formula is C19H24Cl3NO3. The Balaban J connectivity index is 0.00000338. The second kappa shape index (κ2) is 11.6. The number of piperidine rings is 1. The van der Waals surface area contributed by atoms with Gasteiger partial charge in [0.15, 0.2) is 5.78 Å². The van der Waals surface area contributed by atoms with Gasteiger partial charge in [0.1, 0.15) is 0 Å². The molecule has 26 heavy (non-hydrogen) atoms. The van der Waals surface area contributed by atoms with Crippen molar-refractivity contribution >= 4 is 53.4 Å². The molecule has 0 saturated carbocycles. The molecule has 1 heterocycles. The quantitative estimate of drug-likeness (QED) is 0.475. The average molecular weight is 421 g/mol. The zero-order chi connectivity index (χ0) is 18.2. The fraction of sp³-hybridized carbons (Fsp3) is 0.474. The van der Waals surface area contributed by atoms with E-state index in [0.29, 0.717) is 29.6 Å². The highest BCUT2D eigenvalue weighted by atomic mass is 35.5. The number of ketones is 1. The molecule has 0 bridgehead atoms. The summed E-state index contributed by atoms with van der Waals surface area (Å²) in [5.41, 5.74) is 0.773. The van der Waals surface area contributed by atoms with E-state index in [1.807, 2.05) is 6.92 Å². The SMILES string of the molecule is CCOC(=O)C1CCN(CCC(=O)C=Cc2ccc(Cl)cc2Cl)CC1.Cl. The number of nitrogens with zero attached hydrogens (tertiary/aromatic N) is 1. The number of benzene rings is 1. The van der Waals surface area contributed by atoms with E-state index < -0.39 is 0 Å². The van der Waals surface area contributed by atoms with Crippen molar-refractivity contribution < 1.29 is 14.3 Å². The van der Waals surface area contributed by atoms with Gasteiger partial charge in [-0.05, 0) is 62.7 Å². The van der Waals surface area contributed by atoms with E-state index in [0.717, 1.165) is 31.5 Å². The predicted molar refractivity (Wildman–Crippen MR) is 108 cm³/mol. The van der Waals surface area contributed by atoms with Gasteiger partial charge >= 0.3 is 5.97 Å². The number of esters is 1. The van der Waals surface area contributed by atoms with Crippen LogP contribution in [0.2, 0.25) is 10.0 Å². The number of allylic oxidation sites excluding steroid dienone is 1. The van der Waals surface area contributed by atoms with Crippen LogP contribution in [0.3, 0.4) is 0 Å². The van der Waals surface area contributed by atoms with Crippen LogP contribution in [0.1, 0.15) is 31.7 Å². The molecule has 4 nitrogen and oxygen atoms in total. The average Bonchev–Trinajstić information content (AvgIpc) is 2.60. The minimum atomic E-state index is -0.0963. The highest BCUT2D eigenvalue weighted by molar-refractivity contribution is 6.35. The number of carbonyl (C=O) groups excluding carboxylic acids is 2. The van der Waals surface area contributed by atoms with E-state index >= 15 is 0 Å². The van der Waals surface area contributed by atoms with Crippen molar-refractivity contribution in [3.8, 4) is 0 Å². The summed E-state index contributed by atoms with van der Waals surface area (Å²) < 4.78 is 5.07. The minimum Gasteiger partial charge on any atom is -0.466 e. The number of hydrogen-bond donors (Lipinski definition) is 0. The lowest BCUT2D eigenvalue weighted by Crippen LogP contribution is -2.37. The molecule has 0 spiro atoms. The van der Waals surface area contributed by atoms with E-state index in [4.69, 9.17) is 27.9 Å². The Morgan fingerprint density at radius 3 is 2.58 bits per heavy atom. The van der Waals surface area contributed by atoms with Gasteiger partial charge in [-0.3, -0.25) is 9.59 Å². The van der Waals surface area contributed by atoms with Gasteiger partial charge in [0.05, 0.1) is 12.5 Å². The van der Waals surface area contributed by atoms with Crippen LogP contribution in [0.4, 0.5) is 0 Å². The van der Waals surface area contributed by atoms with Gasteiger partial charge in [-0.2, -0.15) is 0 Å². The van der Waals surface area contributed by atoms with E-state index in [1.54, 1.807) is 30.4 Å².